The van der Waals surface area contributed by atoms with Crippen LogP contribution in [0, 0.1) is 5.92 Å². The van der Waals surface area contributed by atoms with Crippen molar-refractivity contribution in [1.82, 2.24) is 19.7 Å². The predicted octanol–water partition coefficient (Wildman–Crippen LogP) is 4.29. The molecule has 0 bridgehead atoms. The highest BCUT2D eigenvalue weighted by Crippen LogP contribution is 2.26. The number of hydrogen-bond donors (Lipinski definition) is 1. The maximum absolute atomic E-state index is 12.4. The molecule has 0 atom stereocenters. The van der Waals surface area contributed by atoms with Gasteiger partial charge in [0.1, 0.15) is 5.75 Å². The molecule has 0 saturated heterocycles. The Morgan fingerprint density at radius 1 is 1.18 bits per heavy atom. The van der Waals surface area contributed by atoms with Crippen molar-refractivity contribution < 1.29 is 19.1 Å². The number of nitrogens with zero attached hydrogens (tertiary/aromatic N) is 4. The average molecular weight is 504 g/mol. The molecule has 1 amide bonds. The fourth-order valence-electron chi connectivity index (χ4n) is 2.95. The maximum Gasteiger partial charge on any atom is 0.311 e. The van der Waals surface area contributed by atoms with Crippen LogP contribution >= 0.6 is 23.1 Å². The highest BCUT2D eigenvalue weighted by atomic mass is 32.2. The lowest BCUT2D eigenvalue weighted by Crippen LogP contribution is -2.15. The molecular weight excluding hydrogens is 474 g/mol. The molecule has 0 spiro atoms. The molecule has 2 aromatic heterocycles. The number of carbonyl (C=O) groups excluding carboxylic acids is 2. The van der Waals surface area contributed by atoms with Crippen LogP contribution in [0.1, 0.15) is 33.4 Å². The summed E-state index contributed by atoms with van der Waals surface area (Å²) in [6, 6.07) is 7.78. The number of aromatic nitrogens is 4. The molecule has 1 aromatic carbocycles. The summed E-state index contributed by atoms with van der Waals surface area (Å²) in [7, 11) is 0. The largest absolute Gasteiger partial charge is 0.493 e. The van der Waals surface area contributed by atoms with E-state index in [4.69, 9.17) is 9.47 Å². The zero-order valence-electron chi connectivity index (χ0n) is 19.7. The molecule has 0 fully saturated rings. The lowest BCUT2D eigenvalue weighted by atomic mass is 10.2. The van der Waals surface area contributed by atoms with Gasteiger partial charge in [0.2, 0.25) is 5.91 Å². The third-order valence-electron chi connectivity index (χ3n) is 4.49. The van der Waals surface area contributed by atoms with Crippen LogP contribution in [-0.4, -0.2) is 50.6 Å². The van der Waals surface area contributed by atoms with Crippen LogP contribution in [0.5, 0.6) is 5.75 Å². The molecule has 11 heteroatoms. The second-order valence-electron chi connectivity index (χ2n) is 7.74. The highest BCUT2D eigenvalue weighted by molar-refractivity contribution is 7.99. The van der Waals surface area contributed by atoms with Gasteiger partial charge in [-0.3, -0.25) is 9.59 Å². The smallest absolute Gasteiger partial charge is 0.311 e. The number of benzene rings is 1. The fourth-order valence-corrected chi connectivity index (χ4v) is 4.48. The number of ether oxygens (including phenoxy) is 2. The molecule has 9 nitrogen and oxygen atoms in total. The number of anilines is 1. The summed E-state index contributed by atoms with van der Waals surface area (Å²) < 4.78 is 12.6. The van der Waals surface area contributed by atoms with Gasteiger partial charge in [-0.25, -0.2) is 4.98 Å². The standard InChI is InChI=1S/C23H29N5O4S2/c1-5-28-21(16-7-9-18(10-8-16)32-12-15(3)4)26-27-23(28)34-14-19(29)25-22-24-17(13-33-22)11-20(30)31-6-2/h7-10,13,15H,5-6,11-12,14H2,1-4H3,(H,24,25,29). The summed E-state index contributed by atoms with van der Waals surface area (Å²) in [6.45, 7) is 9.65. The van der Waals surface area contributed by atoms with Crippen LogP contribution in [0.3, 0.4) is 0 Å². The molecule has 0 saturated carbocycles. The van der Waals surface area contributed by atoms with Crippen molar-refractivity contribution in [3.8, 4) is 17.1 Å². The van der Waals surface area contributed by atoms with E-state index in [0.717, 1.165) is 17.1 Å². The topological polar surface area (TPSA) is 108 Å². The van der Waals surface area contributed by atoms with Crippen molar-refractivity contribution in [3.05, 3.63) is 35.3 Å². The van der Waals surface area contributed by atoms with E-state index in [1.807, 2.05) is 35.8 Å². The number of thioether (sulfide) groups is 1. The molecule has 1 N–H and O–H groups in total. The molecule has 0 aliphatic carbocycles. The first kappa shape index (κ1) is 25.7. The number of carbonyl (C=O) groups is 2. The second-order valence-corrected chi connectivity index (χ2v) is 9.54. The van der Waals surface area contributed by atoms with E-state index in [0.29, 0.717) is 41.7 Å². The predicted molar refractivity (Wildman–Crippen MR) is 133 cm³/mol. The number of amides is 1. The summed E-state index contributed by atoms with van der Waals surface area (Å²) in [5.74, 6) is 1.63. The monoisotopic (exact) mass is 503 g/mol. The van der Waals surface area contributed by atoms with Crippen LogP contribution in [0.4, 0.5) is 5.13 Å². The Labute approximate surface area is 207 Å². The summed E-state index contributed by atoms with van der Waals surface area (Å²) >= 11 is 2.58. The normalized spacial score (nSPS) is 11.0. The van der Waals surface area contributed by atoms with Gasteiger partial charge >= 0.3 is 5.97 Å². The third kappa shape index (κ3) is 7.29. The van der Waals surface area contributed by atoms with Gasteiger partial charge in [0.25, 0.3) is 0 Å². The molecule has 0 aliphatic rings. The van der Waals surface area contributed by atoms with Crippen molar-refractivity contribution in [2.75, 3.05) is 24.3 Å². The SMILES string of the molecule is CCOC(=O)Cc1csc(NC(=O)CSc2nnc(-c3ccc(OCC(C)C)cc3)n2CC)n1. The number of nitrogens with one attached hydrogen (secondary N) is 1. The molecule has 2 heterocycles. The molecule has 0 aliphatic heterocycles. The Bertz CT molecular complexity index is 1100. The molecule has 0 unspecified atom stereocenters. The maximum atomic E-state index is 12.4. The van der Waals surface area contributed by atoms with Gasteiger partial charge in [0.05, 0.1) is 31.1 Å². The van der Waals surface area contributed by atoms with Gasteiger partial charge < -0.3 is 19.4 Å². The zero-order chi connectivity index (χ0) is 24.5. The van der Waals surface area contributed by atoms with E-state index in [1.54, 1.807) is 12.3 Å². The minimum absolute atomic E-state index is 0.0855. The first-order valence-corrected chi connectivity index (χ1v) is 12.9. The van der Waals surface area contributed by atoms with Crippen LogP contribution in [0.15, 0.2) is 34.8 Å². The van der Waals surface area contributed by atoms with E-state index >= 15 is 0 Å². The lowest BCUT2D eigenvalue weighted by molar-refractivity contribution is -0.142. The fraction of sp³-hybridized carbons (Fsp3) is 0.435. The summed E-state index contributed by atoms with van der Waals surface area (Å²) in [4.78, 5) is 28.3. The van der Waals surface area contributed by atoms with Gasteiger partial charge in [0, 0.05) is 17.5 Å². The first-order chi connectivity index (χ1) is 16.4. The quantitative estimate of drug-likeness (QED) is 0.288. The summed E-state index contributed by atoms with van der Waals surface area (Å²) in [6.07, 6.45) is 0.0855. The number of esters is 1. The highest BCUT2D eigenvalue weighted by Gasteiger charge is 2.16. The Hall–Kier alpha value is -2.92. The Morgan fingerprint density at radius 3 is 2.62 bits per heavy atom. The minimum atomic E-state index is -0.339. The van der Waals surface area contributed by atoms with Crippen LogP contribution < -0.4 is 10.1 Å². The average Bonchev–Trinajstić information content (AvgIpc) is 3.43. The Morgan fingerprint density at radius 2 is 1.94 bits per heavy atom. The Kier molecular flexibility index (Phi) is 9.46. The van der Waals surface area contributed by atoms with E-state index in [2.05, 4.69) is 34.3 Å². The molecule has 3 aromatic rings. The number of thiazole rings is 1. The van der Waals surface area contributed by atoms with E-state index in [-0.39, 0.29) is 24.1 Å². The van der Waals surface area contributed by atoms with E-state index < -0.39 is 0 Å². The summed E-state index contributed by atoms with van der Waals surface area (Å²) in [5, 5.41) is 14.2. The number of rotatable bonds is 12. The zero-order valence-corrected chi connectivity index (χ0v) is 21.4. The van der Waals surface area contributed by atoms with Crippen molar-refractivity contribution in [1.29, 1.82) is 0 Å². The number of hydrogen-bond acceptors (Lipinski definition) is 9. The molecule has 34 heavy (non-hydrogen) atoms. The lowest BCUT2D eigenvalue weighted by Gasteiger charge is -2.10. The van der Waals surface area contributed by atoms with Crippen molar-refractivity contribution >= 4 is 40.1 Å². The van der Waals surface area contributed by atoms with E-state index in [1.165, 1.54) is 23.1 Å². The third-order valence-corrected chi connectivity index (χ3v) is 6.26. The van der Waals surface area contributed by atoms with Crippen molar-refractivity contribution in [2.24, 2.45) is 5.92 Å². The van der Waals surface area contributed by atoms with Gasteiger partial charge in [-0.1, -0.05) is 25.6 Å². The minimum Gasteiger partial charge on any atom is -0.493 e. The molecule has 182 valence electrons. The van der Waals surface area contributed by atoms with Gasteiger partial charge in [-0.05, 0) is 44.0 Å². The van der Waals surface area contributed by atoms with Crippen molar-refractivity contribution in [3.63, 3.8) is 0 Å². The van der Waals surface area contributed by atoms with Gasteiger partial charge in [-0.15, -0.1) is 21.5 Å². The van der Waals surface area contributed by atoms with Crippen LogP contribution in [-0.2, 0) is 27.3 Å². The van der Waals surface area contributed by atoms with Crippen LogP contribution in [0.2, 0.25) is 0 Å². The van der Waals surface area contributed by atoms with Crippen molar-refractivity contribution in [2.45, 2.75) is 45.8 Å². The molecular formula is C23H29N5O4S2. The first-order valence-electron chi connectivity index (χ1n) is 11.1. The molecule has 3 rings (SSSR count). The van der Waals surface area contributed by atoms with Gasteiger partial charge in [0.15, 0.2) is 16.1 Å². The van der Waals surface area contributed by atoms with E-state index in [9.17, 15) is 9.59 Å². The second kappa shape index (κ2) is 12.5. The molecule has 0 radical (unpaired) electrons. The Balaban J connectivity index is 1.57. The van der Waals surface area contributed by atoms with Crippen LogP contribution in [0.25, 0.3) is 11.4 Å². The van der Waals surface area contributed by atoms with Gasteiger partial charge in [-0.2, -0.15) is 0 Å². The summed E-state index contributed by atoms with van der Waals surface area (Å²) in [5.41, 5.74) is 1.50.